The van der Waals surface area contributed by atoms with Crippen molar-refractivity contribution in [1.82, 2.24) is 10.3 Å². The molecule has 0 bridgehead atoms. The van der Waals surface area contributed by atoms with E-state index >= 15 is 0 Å². The molecular formula is C22H20F3N3O5S. The number of ether oxygens (including phenoxy) is 2. The molecule has 2 aliphatic heterocycles. The van der Waals surface area contributed by atoms with Gasteiger partial charge in [0.1, 0.15) is 17.1 Å². The van der Waals surface area contributed by atoms with Crippen LogP contribution in [0.4, 0.5) is 13.2 Å². The van der Waals surface area contributed by atoms with Gasteiger partial charge in [0.05, 0.1) is 11.2 Å². The van der Waals surface area contributed by atoms with E-state index in [1.165, 1.54) is 25.4 Å². The normalized spacial score (nSPS) is 19.2. The number of benzene rings is 1. The third-order valence-corrected chi connectivity index (χ3v) is 6.43. The minimum absolute atomic E-state index is 0.222. The number of alkyl halides is 3. The Kier molecular flexibility index (Phi) is 5.45. The van der Waals surface area contributed by atoms with Crippen LogP contribution in [-0.2, 0) is 20.3 Å². The Labute approximate surface area is 194 Å². The lowest BCUT2D eigenvalue weighted by Crippen LogP contribution is -2.35. The van der Waals surface area contributed by atoms with Gasteiger partial charge in [-0.2, -0.15) is 21.6 Å². The lowest BCUT2D eigenvalue weighted by atomic mass is 9.73. The maximum absolute atomic E-state index is 12.8. The van der Waals surface area contributed by atoms with Gasteiger partial charge in [-0.25, -0.2) is 4.98 Å². The number of nitrogens with one attached hydrogen (secondary N) is 1. The van der Waals surface area contributed by atoms with Crippen LogP contribution in [0.3, 0.4) is 0 Å². The first-order valence-corrected chi connectivity index (χ1v) is 11.3. The van der Waals surface area contributed by atoms with Crippen LogP contribution in [0.15, 0.2) is 42.4 Å². The van der Waals surface area contributed by atoms with E-state index in [0.717, 1.165) is 6.07 Å². The molecule has 0 saturated carbocycles. The van der Waals surface area contributed by atoms with Gasteiger partial charge in [0, 0.05) is 36.5 Å². The van der Waals surface area contributed by atoms with Crippen LogP contribution in [0, 0.1) is 11.8 Å². The molecule has 2 aliphatic rings. The maximum atomic E-state index is 12.8. The summed E-state index contributed by atoms with van der Waals surface area (Å²) in [5, 5.41) is 3.00. The summed E-state index contributed by atoms with van der Waals surface area (Å²) in [5.41, 5.74) is 0.142. The Balaban J connectivity index is 1.83. The van der Waals surface area contributed by atoms with Crippen LogP contribution in [0.25, 0.3) is 0 Å². The number of hydrogen-bond acceptors (Lipinski definition) is 8. The van der Waals surface area contributed by atoms with Crippen molar-refractivity contribution in [2.75, 3.05) is 13.7 Å². The number of hydrogen-bond donors (Lipinski definition) is 2. The fourth-order valence-electron chi connectivity index (χ4n) is 3.57. The molecule has 3 heterocycles. The second kappa shape index (κ2) is 7.82. The third-order valence-electron chi connectivity index (χ3n) is 5.45. The summed E-state index contributed by atoms with van der Waals surface area (Å²) in [6, 6.07) is 5.31. The summed E-state index contributed by atoms with van der Waals surface area (Å²) in [4.78, 5) is 4.36. The maximum Gasteiger partial charge on any atom is 0.534 e. The molecule has 0 unspecified atom stereocenters. The van der Waals surface area contributed by atoms with E-state index in [1.54, 1.807) is 26.0 Å². The van der Waals surface area contributed by atoms with Gasteiger partial charge in [-0.1, -0.05) is 11.8 Å². The number of nitrogens with zero attached hydrogens (tertiary/aromatic N) is 1. The van der Waals surface area contributed by atoms with Gasteiger partial charge in [-0.3, -0.25) is 0 Å². The second-order valence-corrected chi connectivity index (χ2v) is 9.75. The van der Waals surface area contributed by atoms with Crippen molar-refractivity contribution in [3.05, 3.63) is 59.0 Å². The molecule has 2 aromatic rings. The van der Waals surface area contributed by atoms with Crippen molar-refractivity contribution < 1.29 is 35.2 Å². The average molecular weight is 495 g/mol. The topological polar surface area (TPSA) is 113 Å². The molecule has 180 valence electrons. The third kappa shape index (κ3) is 4.12. The van der Waals surface area contributed by atoms with Gasteiger partial charge in [0.2, 0.25) is 5.88 Å². The predicted octanol–water partition coefficient (Wildman–Crippen LogP) is 2.88. The molecule has 0 fully saturated rings. The van der Waals surface area contributed by atoms with E-state index in [1.807, 2.05) is 0 Å². The van der Waals surface area contributed by atoms with Crippen molar-refractivity contribution in [1.29, 1.82) is 0 Å². The first kappa shape index (κ1) is 23.7. The SMILES string of the molecule is COC(C)(C)C#Cc1cnc2c(c1)[C@]1(C=C(N)NC1)c1cc(OS(=O)(=O)C(F)(F)F)ccc1O2. The zero-order valence-electron chi connectivity index (χ0n) is 18.3. The highest BCUT2D eigenvalue weighted by atomic mass is 32.2. The highest BCUT2D eigenvalue weighted by molar-refractivity contribution is 7.88. The Bertz CT molecular complexity index is 1360. The molecule has 1 aromatic carbocycles. The van der Waals surface area contributed by atoms with Crippen LogP contribution in [0.5, 0.6) is 17.4 Å². The monoisotopic (exact) mass is 495 g/mol. The highest BCUT2D eigenvalue weighted by Crippen LogP contribution is 2.50. The minimum atomic E-state index is -5.85. The van der Waals surface area contributed by atoms with Gasteiger partial charge in [-0.05, 0) is 44.2 Å². The molecule has 1 aromatic heterocycles. The molecule has 1 atom stereocenters. The fraction of sp³-hybridized carbons (Fsp3) is 0.318. The zero-order chi connectivity index (χ0) is 24.9. The molecule has 0 amide bonds. The summed E-state index contributed by atoms with van der Waals surface area (Å²) in [6.45, 7) is 3.82. The Hall–Kier alpha value is -3.43. The largest absolute Gasteiger partial charge is 0.534 e. The van der Waals surface area contributed by atoms with Crippen LogP contribution >= 0.6 is 0 Å². The van der Waals surface area contributed by atoms with Crippen LogP contribution in [0.2, 0.25) is 0 Å². The summed E-state index contributed by atoms with van der Waals surface area (Å²) in [6.07, 6.45) is 3.20. The van der Waals surface area contributed by atoms with Gasteiger partial charge in [0.15, 0.2) is 0 Å². The van der Waals surface area contributed by atoms with Gasteiger partial charge in [-0.15, -0.1) is 0 Å². The average Bonchev–Trinajstić information content (AvgIpc) is 3.14. The van der Waals surface area contributed by atoms with E-state index in [9.17, 15) is 21.6 Å². The lowest BCUT2D eigenvalue weighted by molar-refractivity contribution is -0.0500. The summed E-state index contributed by atoms with van der Waals surface area (Å²) >= 11 is 0. The van der Waals surface area contributed by atoms with Crippen molar-refractivity contribution in [3.8, 4) is 29.2 Å². The van der Waals surface area contributed by atoms with E-state index in [-0.39, 0.29) is 18.2 Å². The quantitative estimate of drug-likeness (QED) is 0.380. The molecule has 3 N–H and O–H groups in total. The summed E-state index contributed by atoms with van der Waals surface area (Å²) < 4.78 is 77.0. The predicted molar refractivity (Wildman–Crippen MR) is 115 cm³/mol. The first-order chi connectivity index (χ1) is 15.8. The van der Waals surface area contributed by atoms with E-state index < -0.39 is 32.4 Å². The molecule has 0 saturated heterocycles. The van der Waals surface area contributed by atoms with Crippen LogP contribution < -0.4 is 20.0 Å². The Morgan fingerprint density at radius 1 is 1.24 bits per heavy atom. The van der Waals surface area contributed by atoms with E-state index in [4.69, 9.17) is 15.2 Å². The van der Waals surface area contributed by atoms with E-state index in [2.05, 4.69) is 26.3 Å². The standard InChI is InChI=1S/C22H20F3N3O5S/c1-20(2,31-3)7-6-13-8-16-19(27-11-13)32-17-5-4-14(33-34(29,30)22(23,24)25)9-15(17)21(16)10-18(26)28-12-21/h4-5,8-11,28H,12,26H2,1-3H3/t21-/m0/s1. The summed E-state index contributed by atoms with van der Waals surface area (Å²) in [5.74, 6) is 6.31. The smallest absolute Gasteiger partial charge is 0.438 e. The Morgan fingerprint density at radius 3 is 2.59 bits per heavy atom. The number of nitrogens with two attached hydrogens (primary N) is 1. The molecular weight excluding hydrogens is 475 g/mol. The van der Waals surface area contributed by atoms with Gasteiger partial charge in [0.25, 0.3) is 0 Å². The molecule has 12 heteroatoms. The molecule has 1 spiro atoms. The zero-order valence-corrected chi connectivity index (χ0v) is 19.1. The second-order valence-electron chi connectivity index (χ2n) is 8.21. The molecule has 0 radical (unpaired) electrons. The number of methoxy groups -OCH3 is 1. The lowest BCUT2D eigenvalue weighted by Gasteiger charge is -2.35. The van der Waals surface area contributed by atoms with Crippen molar-refractivity contribution in [2.45, 2.75) is 30.4 Å². The van der Waals surface area contributed by atoms with Crippen molar-refractivity contribution in [3.63, 3.8) is 0 Å². The summed E-state index contributed by atoms with van der Waals surface area (Å²) in [7, 11) is -4.32. The van der Waals surface area contributed by atoms with Gasteiger partial charge < -0.3 is 24.7 Å². The number of pyridine rings is 1. The Morgan fingerprint density at radius 2 is 1.97 bits per heavy atom. The van der Waals surface area contributed by atoms with Crippen LogP contribution in [-0.4, -0.2) is 38.2 Å². The van der Waals surface area contributed by atoms with Crippen molar-refractivity contribution >= 4 is 10.1 Å². The number of halogens is 3. The highest BCUT2D eigenvalue weighted by Gasteiger charge is 2.49. The molecule has 4 rings (SSSR count). The number of rotatable bonds is 3. The van der Waals surface area contributed by atoms with Crippen LogP contribution in [0.1, 0.15) is 30.5 Å². The fourth-order valence-corrected chi connectivity index (χ4v) is 4.02. The van der Waals surface area contributed by atoms with Crippen molar-refractivity contribution in [2.24, 2.45) is 5.73 Å². The first-order valence-electron chi connectivity index (χ1n) is 9.90. The number of aromatic nitrogens is 1. The molecule has 8 nitrogen and oxygen atoms in total. The molecule has 34 heavy (non-hydrogen) atoms. The van der Waals surface area contributed by atoms with E-state index in [0.29, 0.717) is 22.5 Å². The number of fused-ring (bicyclic) bond motifs is 4. The molecule has 0 aliphatic carbocycles. The van der Waals surface area contributed by atoms with Gasteiger partial charge >= 0.3 is 15.6 Å². The minimum Gasteiger partial charge on any atom is -0.438 e.